The highest BCUT2D eigenvalue weighted by molar-refractivity contribution is 5.79. The second-order valence-electron chi connectivity index (χ2n) is 7.17. The molecule has 7 heteroatoms. The van der Waals surface area contributed by atoms with Gasteiger partial charge in [-0.1, -0.05) is 12.8 Å². The highest BCUT2D eigenvalue weighted by Crippen LogP contribution is 2.28. The van der Waals surface area contributed by atoms with Crippen LogP contribution in [0.25, 0.3) is 0 Å². The zero-order valence-electron chi connectivity index (χ0n) is 14.7. The summed E-state index contributed by atoms with van der Waals surface area (Å²) in [6.07, 6.45) is 10.1. The zero-order chi connectivity index (χ0) is 17.1. The van der Waals surface area contributed by atoms with Gasteiger partial charge in [-0.2, -0.15) is 0 Å². The quantitative estimate of drug-likeness (QED) is 0.806. The number of ether oxygens (including phenoxy) is 1. The summed E-state index contributed by atoms with van der Waals surface area (Å²) in [5, 5.41) is 0. The summed E-state index contributed by atoms with van der Waals surface area (Å²) in [6.45, 7) is 5.52. The molecule has 2 atom stereocenters. The highest BCUT2D eigenvalue weighted by atomic mass is 16.5. The van der Waals surface area contributed by atoms with Crippen molar-refractivity contribution in [1.29, 1.82) is 0 Å². The first-order valence-electron chi connectivity index (χ1n) is 9.45. The number of hydrogen-bond acceptors (Lipinski definition) is 6. The molecule has 136 valence electrons. The van der Waals surface area contributed by atoms with E-state index in [1.165, 1.54) is 12.8 Å². The van der Waals surface area contributed by atoms with Crippen LogP contribution >= 0.6 is 0 Å². The highest BCUT2D eigenvalue weighted by Gasteiger charge is 2.37. The Morgan fingerprint density at radius 1 is 1.12 bits per heavy atom. The number of amides is 1. The summed E-state index contributed by atoms with van der Waals surface area (Å²) in [4.78, 5) is 28.0. The molecular weight excluding hydrogens is 318 g/mol. The number of carbonyl (C=O) groups is 1. The molecule has 7 nitrogen and oxygen atoms in total. The van der Waals surface area contributed by atoms with Crippen LogP contribution in [-0.2, 0) is 9.53 Å². The fourth-order valence-electron chi connectivity index (χ4n) is 4.28. The minimum Gasteiger partial charge on any atom is -0.374 e. The van der Waals surface area contributed by atoms with Crippen LogP contribution in [-0.4, -0.2) is 83.7 Å². The average Bonchev–Trinajstić information content (AvgIpc) is 2.69. The van der Waals surface area contributed by atoms with Gasteiger partial charge in [-0.3, -0.25) is 14.7 Å². The Kier molecular flexibility index (Phi) is 5.12. The predicted octanol–water partition coefficient (Wildman–Crippen LogP) is 0.769. The van der Waals surface area contributed by atoms with E-state index in [0.717, 1.165) is 51.4 Å². The van der Waals surface area contributed by atoms with E-state index in [-0.39, 0.29) is 12.0 Å². The van der Waals surface area contributed by atoms with E-state index in [1.54, 1.807) is 18.6 Å². The predicted molar refractivity (Wildman–Crippen MR) is 94.4 cm³/mol. The van der Waals surface area contributed by atoms with Crippen LogP contribution in [0.3, 0.4) is 0 Å². The van der Waals surface area contributed by atoms with Crippen molar-refractivity contribution >= 4 is 11.7 Å². The third-order valence-electron chi connectivity index (χ3n) is 5.66. The Morgan fingerprint density at radius 3 is 2.76 bits per heavy atom. The van der Waals surface area contributed by atoms with Gasteiger partial charge in [-0.15, -0.1) is 0 Å². The van der Waals surface area contributed by atoms with Crippen LogP contribution in [0.2, 0.25) is 0 Å². The molecule has 1 saturated carbocycles. The summed E-state index contributed by atoms with van der Waals surface area (Å²) in [5.41, 5.74) is 0. The summed E-state index contributed by atoms with van der Waals surface area (Å²) >= 11 is 0. The van der Waals surface area contributed by atoms with Crippen molar-refractivity contribution in [2.75, 3.05) is 50.8 Å². The van der Waals surface area contributed by atoms with Gasteiger partial charge in [0, 0.05) is 45.1 Å². The lowest BCUT2D eigenvalue weighted by Crippen LogP contribution is -2.58. The maximum atomic E-state index is 12.9. The monoisotopic (exact) mass is 345 g/mol. The van der Waals surface area contributed by atoms with Gasteiger partial charge in [0.05, 0.1) is 31.5 Å². The van der Waals surface area contributed by atoms with E-state index < -0.39 is 0 Å². The fourth-order valence-corrected chi connectivity index (χ4v) is 4.28. The molecule has 1 aliphatic carbocycles. The third-order valence-corrected chi connectivity index (χ3v) is 5.66. The third kappa shape index (κ3) is 3.77. The number of carbonyl (C=O) groups excluding carboxylic acids is 1. The lowest BCUT2D eigenvalue weighted by molar-refractivity contribution is -0.150. The van der Waals surface area contributed by atoms with Gasteiger partial charge in [-0.25, -0.2) is 4.98 Å². The molecule has 0 unspecified atom stereocenters. The molecule has 3 aliphatic rings. The van der Waals surface area contributed by atoms with E-state index in [4.69, 9.17) is 4.74 Å². The van der Waals surface area contributed by atoms with Gasteiger partial charge in [0.2, 0.25) is 5.91 Å². The molecule has 0 N–H and O–H groups in total. The second kappa shape index (κ2) is 7.66. The van der Waals surface area contributed by atoms with Crippen molar-refractivity contribution in [2.24, 2.45) is 0 Å². The molecule has 25 heavy (non-hydrogen) atoms. The standard InChI is InChI=1S/C18H27N5O2/c24-18(23-11-12-25-16-4-2-1-3-15(16)23)14-21-7-9-22(10-8-21)17-13-19-5-6-20-17/h5-6,13,15-16H,1-4,7-12,14H2/t15-,16-/m1/s1. The van der Waals surface area contributed by atoms with Gasteiger partial charge < -0.3 is 14.5 Å². The van der Waals surface area contributed by atoms with E-state index in [2.05, 4.69) is 24.7 Å². The minimum atomic E-state index is 0.264. The molecule has 2 aliphatic heterocycles. The van der Waals surface area contributed by atoms with Crippen LogP contribution in [0, 0.1) is 0 Å². The van der Waals surface area contributed by atoms with Gasteiger partial charge in [0.1, 0.15) is 5.82 Å². The van der Waals surface area contributed by atoms with Crippen LogP contribution in [0.1, 0.15) is 25.7 Å². The van der Waals surface area contributed by atoms with Gasteiger partial charge in [0.15, 0.2) is 0 Å². The summed E-state index contributed by atoms with van der Waals surface area (Å²) in [5.74, 6) is 1.19. The maximum absolute atomic E-state index is 12.9. The molecule has 1 aromatic rings. The van der Waals surface area contributed by atoms with E-state index in [1.807, 2.05) is 0 Å². The number of aromatic nitrogens is 2. The molecule has 0 aromatic carbocycles. The number of piperazine rings is 1. The first-order valence-corrected chi connectivity index (χ1v) is 9.45. The molecule has 4 rings (SSSR count). The molecule has 3 fully saturated rings. The fraction of sp³-hybridized carbons (Fsp3) is 0.722. The summed E-state index contributed by atoms with van der Waals surface area (Å²) in [6, 6.07) is 0.302. The molecule has 3 heterocycles. The van der Waals surface area contributed by atoms with Crippen molar-refractivity contribution in [2.45, 2.75) is 37.8 Å². The Bertz CT molecular complexity index is 574. The Morgan fingerprint density at radius 2 is 1.96 bits per heavy atom. The maximum Gasteiger partial charge on any atom is 0.237 e. The second-order valence-corrected chi connectivity index (χ2v) is 7.17. The SMILES string of the molecule is O=C(CN1CCN(c2cnccn2)CC1)N1CCO[C@@H]2CCCC[C@H]21. The van der Waals surface area contributed by atoms with Crippen molar-refractivity contribution in [3.8, 4) is 0 Å². The number of fused-ring (bicyclic) bond motifs is 1. The van der Waals surface area contributed by atoms with Crippen molar-refractivity contribution in [1.82, 2.24) is 19.8 Å². The number of anilines is 1. The molecule has 1 aromatic heterocycles. The zero-order valence-corrected chi connectivity index (χ0v) is 14.7. The van der Waals surface area contributed by atoms with Crippen LogP contribution < -0.4 is 4.90 Å². The summed E-state index contributed by atoms with van der Waals surface area (Å²) in [7, 11) is 0. The number of rotatable bonds is 3. The topological polar surface area (TPSA) is 61.8 Å². The van der Waals surface area contributed by atoms with E-state index in [0.29, 0.717) is 19.2 Å². The molecule has 2 saturated heterocycles. The number of hydrogen-bond donors (Lipinski definition) is 0. The molecule has 0 radical (unpaired) electrons. The van der Waals surface area contributed by atoms with E-state index in [9.17, 15) is 4.79 Å². The largest absolute Gasteiger partial charge is 0.374 e. The van der Waals surface area contributed by atoms with E-state index >= 15 is 0 Å². The smallest absolute Gasteiger partial charge is 0.237 e. The Hall–Kier alpha value is -1.73. The average molecular weight is 345 g/mol. The minimum absolute atomic E-state index is 0.264. The Balaban J connectivity index is 1.30. The van der Waals surface area contributed by atoms with Crippen molar-refractivity contribution in [3.05, 3.63) is 18.6 Å². The molecule has 0 bridgehead atoms. The summed E-state index contributed by atoms with van der Waals surface area (Å²) < 4.78 is 5.89. The van der Waals surface area contributed by atoms with Gasteiger partial charge in [-0.05, 0) is 12.8 Å². The first kappa shape index (κ1) is 16.7. The lowest BCUT2D eigenvalue weighted by Gasteiger charge is -2.44. The van der Waals surface area contributed by atoms with Crippen LogP contribution in [0.15, 0.2) is 18.6 Å². The molecule has 1 amide bonds. The number of morpholine rings is 1. The number of nitrogens with zero attached hydrogens (tertiary/aromatic N) is 5. The van der Waals surface area contributed by atoms with Gasteiger partial charge in [0.25, 0.3) is 0 Å². The molecular formula is C18H27N5O2. The lowest BCUT2D eigenvalue weighted by atomic mass is 9.90. The molecule has 0 spiro atoms. The first-order chi connectivity index (χ1) is 12.3. The van der Waals surface area contributed by atoms with Gasteiger partial charge >= 0.3 is 0 Å². The van der Waals surface area contributed by atoms with Crippen LogP contribution in [0.5, 0.6) is 0 Å². The normalized spacial score (nSPS) is 27.8. The van der Waals surface area contributed by atoms with Crippen molar-refractivity contribution < 1.29 is 9.53 Å². The Labute approximate surface area is 149 Å². The van der Waals surface area contributed by atoms with Crippen LogP contribution in [0.4, 0.5) is 5.82 Å². The van der Waals surface area contributed by atoms with Crippen molar-refractivity contribution in [3.63, 3.8) is 0 Å².